The van der Waals surface area contributed by atoms with Gasteiger partial charge < -0.3 is 14.2 Å². The van der Waals surface area contributed by atoms with Gasteiger partial charge in [0.25, 0.3) is 0 Å². The first-order chi connectivity index (χ1) is 41.0. The SMILES string of the molecule is CCCCC/C=C\C/C=C\CCCCCCCC(=O)OCC(COC(=O)CCCCCCCCCCCCCCCCCCCCCCCCCCCCCCCCCC)OC(=O)CCCCCCCCCCCCCCCCCCCC. The summed E-state index contributed by atoms with van der Waals surface area (Å²) in [6.45, 7) is 6.69. The van der Waals surface area contributed by atoms with Crippen LogP contribution in [-0.4, -0.2) is 37.2 Å². The van der Waals surface area contributed by atoms with Gasteiger partial charge in [-0.2, -0.15) is 0 Å². The van der Waals surface area contributed by atoms with Gasteiger partial charge in [-0.05, 0) is 51.4 Å². The summed E-state index contributed by atoms with van der Waals surface area (Å²) in [6, 6.07) is 0. The second-order valence-electron chi connectivity index (χ2n) is 25.9. The Morgan fingerprint density at radius 1 is 0.241 bits per heavy atom. The number of allylic oxidation sites excluding steroid dienone is 4. The third kappa shape index (κ3) is 70.5. The minimum atomic E-state index is -0.774. The molecule has 6 heteroatoms. The van der Waals surface area contributed by atoms with Crippen molar-refractivity contribution < 1.29 is 28.6 Å². The predicted octanol–water partition coefficient (Wildman–Crippen LogP) is 26.1. The molecule has 0 aliphatic heterocycles. The van der Waals surface area contributed by atoms with E-state index in [1.165, 1.54) is 315 Å². The highest BCUT2D eigenvalue weighted by Gasteiger charge is 2.20. The monoisotopic (exact) mass is 1170 g/mol. The van der Waals surface area contributed by atoms with Crippen LogP contribution in [0.2, 0.25) is 0 Å². The number of hydrogen-bond donors (Lipinski definition) is 0. The molecule has 0 saturated carbocycles. The third-order valence-electron chi connectivity index (χ3n) is 17.5. The third-order valence-corrected chi connectivity index (χ3v) is 17.5. The zero-order chi connectivity index (χ0) is 59.9. The van der Waals surface area contributed by atoms with Crippen molar-refractivity contribution in [3.05, 3.63) is 24.3 Å². The molecule has 0 aliphatic carbocycles. The standard InChI is InChI=1S/C77H146O6/c1-4-7-10-13-16-19-22-25-28-30-32-33-34-35-36-37-38-39-40-41-42-43-44-45-47-49-52-55-58-61-64-67-70-76(79)82-73-74(72-81-75(78)69-66-63-60-57-54-51-48-27-24-21-18-15-12-9-6-3)83-77(80)71-68-65-62-59-56-53-50-46-31-29-26-23-20-17-14-11-8-5-2/h18,21,27,48,74H,4-17,19-20,22-26,28-47,49-73H2,1-3H3/b21-18-,48-27-. The van der Waals surface area contributed by atoms with E-state index in [9.17, 15) is 14.4 Å². The Morgan fingerprint density at radius 2 is 0.434 bits per heavy atom. The normalized spacial score (nSPS) is 12.1. The van der Waals surface area contributed by atoms with Crippen molar-refractivity contribution in [1.82, 2.24) is 0 Å². The van der Waals surface area contributed by atoms with Gasteiger partial charge in [0.05, 0.1) is 0 Å². The number of ether oxygens (including phenoxy) is 3. The molecule has 0 saturated heterocycles. The Hall–Kier alpha value is -2.11. The fourth-order valence-corrected chi connectivity index (χ4v) is 11.8. The van der Waals surface area contributed by atoms with Crippen LogP contribution >= 0.6 is 0 Å². The lowest BCUT2D eigenvalue weighted by Crippen LogP contribution is -2.30. The van der Waals surface area contributed by atoms with Gasteiger partial charge in [0.15, 0.2) is 6.10 Å². The van der Waals surface area contributed by atoms with Gasteiger partial charge in [-0.25, -0.2) is 0 Å². The van der Waals surface area contributed by atoms with Crippen LogP contribution in [0.15, 0.2) is 24.3 Å². The van der Waals surface area contributed by atoms with Crippen LogP contribution in [0, 0.1) is 0 Å². The molecule has 0 amide bonds. The Morgan fingerprint density at radius 3 is 0.687 bits per heavy atom. The van der Waals surface area contributed by atoms with Crippen molar-refractivity contribution in [3.8, 4) is 0 Å². The summed E-state index contributed by atoms with van der Waals surface area (Å²) in [5.41, 5.74) is 0. The Labute approximate surface area is 519 Å². The summed E-state index contributed by atoms with van der Waals surface area (Å²) in [5.74, 6) is -0.849. The Kier molecular flexibility index (Phi) is 70.5. The lowest BCUT2D eigenvalue weighted by atomic mass is 10.0. The van der Waals surface area contributed by atoms with Crippen LogP contribution < -0.4 is 0 Å². The maximum atomic E-state index is 13.0. The van der Waals surface area contributed by atoms with E-state index >= 15 is 0 Å². The smallest absolute Gasteiger partial charge is 0.306 e. The summed E-state index contributed by atoms with van der Waals surface area (Å²) >= 11 is 0. The molecule has 1 atom stereocenters. The highest BCUT2D eigenvalue weighted by Crippen LogP contribution is 2.20. The first-order valence-corrected chi connectivity index (χ1v) is 37.8. The van der Waals surface area contributed by atoms with Crippen LogP contribution in [0.5, 0.6) is 0 Å². The van der Waals surface area contributed by atoms with E-state index in [1.54, 1.807) is 0 Å². The zero-order valence-electron chi connectivity index (χ0n) is 56.5. The summed E-state index contributed by atoms with van der Waals surface area (Å²) in [7, 11) is 0. The van der Waals surface area contributed by atoms with Crippen molar-refractivity contribution in [2.45, 2.75) is 438 Å². The highest BCUT2D eigenvalue weighted by molar-refractivity contribution is 5.71. The molecule has 0 bridgehead atoms. The minimum absolute atomic E-state index is 0.0691. The molecule has 83 heavy (non-hydrogen) atoms. The van der Waals surface area contributed by atoms with E-state index < -0.39 is 6.10 Å². The highest BCUT2D eigenvalue weighted by atomic mass is 16.6. The minimum Gasteiger partial charge on any atom is -0.462 e. The van der Waals surface area contributed by atoms with Crippen molar-refractivity contribution >= 4 is 17.9 Å². The average molecular weight is 1170 g/mol. The number of esters is 3. The maximum Gasteiger partial charge on any atom is 0.306 e. The van der Waals surface area contributed by atoms with E-state index in [0.29, 0.717) is 19.3 Å². The van der Waals surface area contributed by atoms with E-state index in [1.807, 2.05) is 0 Å². The lowest BCUT2D eigenvalue weighted by molar-refractivity contribution is -0.167. The Bertz CT molecular complexity index is 1340. The molecule has 0 aromatic carbocycles. The quantitative estimate of drug-likeness (QED) is 0.0261. The van der Waals surface area contributed by atoms with Gasteiger partial charge in [0, 0.05) is 19.3 Å². The van der Waals surface area contributed by atoms with Crippen molar-refractivity contribution in [2.75, 3.05) is 13.2 Å². The van der Waals surface area contributed by atoms with Crippen LogP contribution in [0.3, 0.4) is 0 Å². The predicted molar refractivity (Wildman–Crippen MR) is 363 cm³/mol. The number of carbonyl (C=O) groups is 3. The summed E-state index contributed by atoms with van der Waals surface area (Å²) < 4.78 is 17.0. The molecule has 0 N–H and O–H groups in total. The second-order valence-corrected chi connectivity index (χ2v) is 25.9. The van der Waals surface area contributed by atoms with Gasteiger partial charge >= 0.3 is 17.9 Å². The van der Waals surface area contributed by atoms with Crippen LogP contribution in [0.4, 0.5) is 0 Å². The molecule has 0 aromatic heterocycles. The number of carbonyl (C=O) groups excluding carboxylic acids is 3. The second kappa shape index (κ2) is 72.4. The summed E-state index contributed by atoms with van der Waals surface area (Å²) in [4.78, 5) is 38.5. The Balaban J connectivity index is 4.14. The molecule has 0 heterocycles. The molecule has 0 fully saturated rings. The molecule has 6 nitrogen and oxygen atoms in total. The average Bonchev–Trinajstić information content (AvgIpc) is 3.49. The van der Waals surface area contributed by atoms with Crippen LogP contribution in [0.1, 0.15) is 432 Å². The van der Waals surface area contributed by atoms with E-state index in [2.05, 4.69) is 45.1 Å². The first kappa shape index (κ1) is 80.9. The van der Waals surface area contributed by atoms with Crippen molar-refractivity contribution in [3.63, 3.8) is 0 Å². The molecule has 0 rings (SSSR count). The molecule has 0 aromatic rings. The van der Waals surface area contributed by atoms with E-state index in [4.69, 9.17) is 14.2 Å². The van der Waals surface area contributed by atoms with E-state index in [-0.39, 0.29) is 31.1 Å². The molecule has 1 unspecified atom stereocenters. The molecule has 490 valence electrons. The molecule has 0 aliphatic rings. The number of rotatable bonds is 71. The van der Waals surface area contributed by atoms with Gasteiger partial charge in [-0.3, -0.25) is 14.4 Å². The van der Waals surface area contributed by atoms with Crippen LogP contribution in [-0.2, 0) is 28.6 Å². The zero-order valence-corrected chi connectivity index (χ0v) is 56.5. The number of hydrogen-bond acceptors (Lipinski definition) is 6. The molecular formula is C77H146O6. The largest absolute Gasteiger partial charge is 0.462 e. The van der Waals surface area contributed by atoms with Crippen LogP contribution in [0.25, 0.3) is 0 Å². The maximum absolute atomic E-state index is 13.0. The number of unbranched alkanes of at least 4 members (excludes halogenated alkanes) is 56. The van der Waals surface area contributed by atoms with Gasteiger partial charge in [-0.1, -0.05) is 385 Å². The van der Waals surface area contributed by atoms with Crippen molar-refractivity contribution in [1.29, 1.82) is 0 Å². The fraction of sp³-hybridized carbons (Fsp3) is 0.909. The summed E-state index contributed by atoms with van der Waals surface area (Å²) in [5, 5.41) is 0. The lowest BCUT2D eigenvalue weighted by Gasteiger charge is -2.18. The molecule has 0 radical (unpaired) electrons. The van der Waals surface area contributed by atoms with Gasteiger partial charge in [-0.15, -0.1) is 0 Å². The summed E-state index contributed by atoms with van der Waals surface area (Å²) in [6.07, 6.45) is 89.5. The molecule has 0 spiro atoms. The molecular weight excluding hydrogens is 1020 g/mol. The topological polar surface area (TPSA) is 78.9 Å². The van der Waals surface area contributed by atoms with E-state index in [0.717, 1.165) is 77.0 Å². The fourth-order valence-electron chi connectivity index (χ4n) is 11.8. The first-order valence-electron chi connectivity index (χ1n) is 37.8. The van der Waals surface area contributed by atoms with Gasteiger partial charge in [0.1, 0.15) is 13.2 Å². The van der Waals surface area contributed by atoms with Gasteiger partial charge in [0.2, 0.25) is 0 Å². The van der Waals surface area contributed by atoms with Crippen molar-refractivity contribution in [2.24, 2.45) is 0 Å².